The Hall–Kier alpha value is -1.74. The highest BCUT2D eigenvalue weighted by Gasteiger charge is 2.15. The van der Waals surface area contributed by atoms with Crippen LogP contribution < -0.4 is 5.32 Å². The van der Waals surface area contributed by atoms with E-state index in [1.807, 2.05) is 13.2 Å². The van der Waals surface area contributed by atoms with Crippen LogP contribution in [0.5, 0.6) is 0 Å². The molecule has 1 atom stereocenters. The van der Waals surface area contributed by atoms with Gasteiger partial charge in [-0.3, -0.25) is 9.97 Å². The molecule has 0 spiro atoms. The Labute approximate surface area is 102 Å². The molecule has 17 heavy (non-hydrogen) atoms. The van der Waals surface area contributed by atoms with E-state index in [1.165, 1.54) is 16.7 Å². The summed E-state index contributed by atoms with van der Waals surface area (Å²) in [5.41, 5.74) is 4.73. The van der Waals surface area contributed by atoms with E-state index in [-0.39, 0.29) is 6.04 Å². The van der Waals surface area contributed by atoms with Gasteiger partial charge in [0.1, 0.15) is 0 Å². The first-order valence-electron chi connectivity index (χ1n) is 5.72. The van der Waals surface area contributed by atoms with Crippen molar-refractivity contribution in [3.63, 3.8) is 0 Å². The SMILES string of the molecule is CNC(c1cnccn1)c1cc(C)ccc1C. The molecule has 2 aromatic rings. The number of aromatic nitrogens is 2. The zero-order valence-corrected chi connectivity index (χ0v) is 10.4. The van der Waals surface area contributed by atoms with Gasteiger partial charge in [-0.2, -0.15) is 0 Å². The average molecular weight is 227 g/mol. The van der Waals surface area contributed by atoms with Gasteiger partial charge < -0.3 is 5.32 Å². The number of hydrogen-bond acceptors (Lipinski definition) is 3. The second kappa shape index (κ2) is 5.06. The van der Waals surface area contributed by atoms with Gasteiger partial charge in [0.05, 0.1) is 17.9 Å². The maximum Gasteiger partial charge on any atom is 0.0801 e. The summed E-state index contributed by atoms with van der Waals surface area (Å²) in [4.78, 5) is 8.50. The molecule has 1 N–H and O–H groups in total. The summed E-state index contributed by atoms with van der Waals surface area (Å²) in [7, 11) is 1.95. The second-order valence-electron chi connectivity index (χ2n) is 4.21. The number of nitrogens with zero attached hydrogens (tertiary/aromatic N) is 2. The van der Waals surface area contributed by atoms with Crippen molar-refractivity contribution in [2.75, 3.05) is 7.05 Å². The minimum Gasteiger partial charge on any atom is -0.308 e. The maximum atomic E-state index is 4.37. The molecule has 1 heterocycles. The Kier molecular flexibility index (Phi) is 3.49. The van der Waals surface area contributed by atoms with Gasteiger partial charge in [0, 0.05) is 12.4 Å². The number of benzene rings is 1. The molecule has 88 valence electrons. The molecule has 3 nitrogen and oxygen atoms in total. The summed E-state index contributed by atoms with van der Waals surface area (Å²) < 4.78 is 0. The van der Waals surface area contributed by atoms with Crippen molar-refractivity contribution < 1.29 is 0 Å². The van der Waals surface area contributed by atoms with Crippen LogP contribution >= 0.6 is 0 Å². The molecule has 0 radical (unpaired) electrons. The van der Waals surface area contributed by atoms with Crippen LogP contribution in [0.1, 0.15) is 28.4 Å². The van der Waals surface area contributed by atoms with E-state index >= 15 is 0 Å². The first kappa shape index (κ1) is 11.7. The van der Waals surface area contributed by atoms with Crippen molar-refractivity contribution in [3.05, 3.63) is 59.2 Å². The number of rotatable bonds is 3. The fourth-order valence-electron chi connectivity index (χ4n) is 1.99. The summed E-state index contributed by atoms with van der Waals surface area (Å²) >= 11 is 0. The molecule has 1 unspecified atom stereocenters. The lowest BCUT2D eigenvalue weighted by molar-refractivity contribution is 0.662. The summed E-state index contributed by atoms with van der Waals surface area (Å²) in [6.07, 6.45) is 5.23. The van der Waals surface area contributed by atoms with E-state index in [2.05, 4.69) is 47.3 Å². The lowest BCUT2D eigenvalue weighted by Crippen LogP contribution is -2.20. The third-order valence-corrected chi connectivity index (χ3v) is 2.91. The molecule has 3 heteroatoms. The Morgan fingerprint density at radius 3 is 2.65 bits per heavy atom. The van der Waals surface area contributed by atoms with E-state index in [0.29, 0.717) is 0 Å². The molecule has 0 saturated carbocycles. The van der Waals surface area contributed by atoms with Crippen LogP contribution in [0, 0.1) is 13.8 Å². The van der Waals surface area contributed by atoms with E-state index < -0.39 is 0 Å². The first-order chi connectivity index (χ1) is 8.22. The van der Waals surface area contributed by atoms with Gasteiger partial charge in [-0.15, -0.1) is 0 Å². The van der Waals surface area contributed by atoms with Crippen LogP contribution in [0.15, 0.2) is 36.8 Å². The monoisotopic (exact) mass is 227 g/mol. The lowest BCUT2D eigenvalue weighted by Gasteiger charge is -2.18. The number of aryl methyl sites for hydroxylation is 2. The molecular weight excluding hydrogens is 210 g/mol. The quantitative estimate of drug-likeness (QED) is 0.875. The van der Waals surface area contributed by atoms with Gasteiger partial charge in [0.25, 0.3) is 0 Å². The standard InChI is InChI=1S/C14H17N3/c1-10-4-5-11(2)12(8-10)14(15-3)13-9-16-6-7-17-13/h4-9,14-15H,1-3H3. The fourth-order valence-corrected chi connectivity index (χ4v) is 1.99. The number of hydrogen-bond donors (Lipinski definition) is 1. The van der Waals surface area contributed by atoms with Crippen molar-refractivity contribution in [2.45, 2.75) is 19.9 Å². The smallest absolute Gasteiger partial charge is 0.0801 e. The van der Waals surface area contributed by atoms with Crippen LogP contribution in [-0.2, 0) is 0 Å². The van der Waals surface area contributed by atoms with Gasteiger partial charge in [-0.25, -0.2) is 0 Å². The highest BCUT2D eigenvalue weighted by atomic mass is 14.9. The third-order valence-electron chi connectivity index (χ3n) is 2.91. The van der Waals surface area contributed by atoms with Gasteiger partial charge >= 0.3 is 0 Å². The van der Waals surface area contributed by atoms with E-state index in [9.17, 15) is 0 Å². The average Bonchev–Trinajstić information content (AvgIpc) is 2.36. The molecule has 2 rings (SSSR count). The fraction of sp³-hybridized carbons (Fsp3) is 0.286. The zero-order chi connectivity index (χ0) is 12.3. The van der Waals surface area contributed by atoms with Crippen molar-refractivity contribution in [3.8, 4) is 0 Å². The van der Waals surface area contributed by atoms with Gasteiger partial charge in [-0.1, -0.05) is 23.8 Å². The van der Waals surface area contributed by atoms with Gasteiger partial charge in [0.15, 0.2) is 0 Å². The summed E-state index contributed by atoms with van der Waals surface area (Å²) in [5, 5.41) is 3.30. The van der Waals surface area contributed by atoms with E-state index in [0.717, 1.165) is 5.69 Å². The van der Waals surface area contributed by atoms with E-state index in [1.54, 1.807) is 12.4 Å². The molecule has 1 aromatic carbocycles. The predicted molar refractivity (Wildman–Crippen MR) is 68.9 cm³/mol. The largest absolute Gasteiger partial charge is 0.308 e. The summed E-state index contributed by atoms with van der Waals surface area (Å²) in [6.45, 7) is 4.22. The molecular formula is C14H17N3. The highest BCUT2D eigenvalue weighted by Crippen LogP contribution is 2.23. The van der Waals surface area contributed by atoms with Crippen molar-refractivity contribution >= 4 is 0 Å². The van der Waals surface area contributed by atoms with Crippen molar-refractivity contribution in [2.24, 2.45) is 0 Å². The van der Waals surface area contributed by atoms with Gasteiger partial charge in [0.2, 0.25) is 0 Å². The van der Waals surface area contributed by atoms with Crippen LogP contribution in [0.3, 0.4) is 0 Å². The topological polar surface area (TPSA) is 37.8 Å². The molecule has 0 amide bonds. The Morgan fingerprint density at radius 2 is 2.00 bits per heavy atom. The molecule has 0 saturated heterocycles. The molecule has 0 aliphatic carbocycles. The zero-order valence-electron chi connectivity index (χ0n) is 10.4. The van der Waals surface area contributed by atoms with E-state index in [4.69, 9.17) is 0 Å². The molecule has 1 aromatic heterocycles. The Balaban J connectivity index is 2.46. The van der Waals surface area contributed by atoms with Crippen molar-refractivity contribution in [1.29, 1.82) is 0 Å². The second-order valence-corrected chi connectivity index (χ2v) is 4.21. The summed E-state index contributed by atoms with van der Waals surface area (Å²) in [5.74, 6) is 0. The molecule has 0 aliphatic heterocycles. The van der Waals surface area contributed by atoms with Crippen LogP contribution in [0.2, 0.25) is 0 Å². The molecule has 0 fully saturated rings. The number of nitrogens with one attached hydrogen (secondary N) is 1. The van der Waals surface area contributed by atoms with Crippen LogP contribution in [0.4, 0.5) is 0 Å². The normalized spacial score (nSPS) is 12.4. The first-order valence-corrected chi connectivity index (χ1v) is 5.72. The molecule has 0 bridgehead atoms. The predicted octanol–water partition coefficient (Wildman–Crippen LogP) is 2.40. The van der Waals surface area contributed by atoms with Crippen molar-refractivity contribution in [1.82, 2.24) is 15.3 Å². The van der Waals surface area contributed by atoms with Crippen LogP contribution in [-0.4, -0.2) is 17.0 Å². The maximum absolute atomic E-state index is 4.37. The Bertz CT molecular complexity index is 494. The third kappa shape index (κ3) is 2.50. The minimum atomic E-state index is 0.101. The Morgan fingerprint density at radius 1 is 1.18 bits per heavy atom. The van der Waals surface area contributed by atoms with Crippen LogP contribution in [0.25, 0.3) is 0 Å². The molecule has 0 aliphatic rings. The summed E-state index contributed by atoms with van der Waals surface area (Å²) in [6, 6.07) is 6.57. The van der Waals surface area contributed by atoms with Gasteiger partial charge in [-0.05, 0) is 32.0 Å². The lowest BCUT2D eigenvalue weighted by atomic mass is 9.97. The highest BCUT2D eigenvalue weighted by molar-refractivity contribution is 5.36. The minimum absolute atomic E-state index is 0.101.